The van der Waals surface area contributed by atoms with Gasteiger partial charge >= 0.3 is 0 Å². The fourth-order valence-corrected chi connectivity index (χ4v) is 1.69. The molecule has 0 saturated heterocycles. The molecule has 6 heteroatoms. The molecule has 1 heterocycles. The number of aliphatic imine (C=N–C) groups is 1. The molecule has 0 aliphatic heterocycles. The van der Waals surface area contributed by atoms with Crippen molar-refractivity contribution < 1.29 is 5.11 Å². The van der Waals surface area contributed by atoms with Crippen LogP contribution in [0, 0.1) is 11.5 Å². The summed E-state index contributed by atoms with van der Waals surface area (Å²) in [5.41, 5.74) is 1.53. The van der Waals surface area contributed by atoms with Crippen molar-refractivity contribution in [3.8, 4) is 6.19 Å². The summed E-state index contributed by atoms with van der Waals surface area (Å²) < 4.78 is 0. The van der Waals surface area contributed by atoms with Crippen LogP contribution < -0.4 is 10.6 Å². The first-order chi connectivity index (χ1) is 10.3. The van der Waals surface area contributed by atoms with E-state index in [2.05, 4.69) is 20.6 Å². The number of nitrogens with one attached hydrogen (secondary N) is 2. The average Bonchev–Trinajstić information content (AvgIpc) is 2.54. The third-order valence-electron chi connectivity index (χ3n) is 2.72. The Morgan fingerprint density at radius 1 is 1.24 bits per heavy atom. The van der Waals surface area contributed by atoms with Crippen molar-refractivity contribution >= 4 is 11.6 Å². The molecule has 21 heavy (non-hydrogen) atoms. The zero-order valence-corrected chi connectivity index (χ0v) is 11.3. The van der Waals surface area contributed by atoms with E-state index in [0.717, 1.165) is 11.3 Å². The summed E-state index contributed by atoms with van der Waals surface area (Å²) in [5, 5.41) is 24.2. The molecule has 6 nitrogen and oxygen atoms in total. The Morgan fingerprint density at radius 2 is 1.95 bits per heavy atom. The fourth-order valence-electron chi connectivity index (χ4n) is 1.69. The Labute approximate surface area is 122 Å². The quantitative estimate of drug-likeness (QED) is 0.343. The second kappa shape index (κ2) is 7.62. The Balaban J connectivity index is 2.03. The fraction of sp³-hybridized carbons (Fsp3) is 0.133. The number of rotatable bonds is 4. The first-order valence-corrected chi connectivity index (χ1v) is 6.39. The lowest BCUT2D eigenvalue weighted by atomic mass is 10.1. The molecule has 0 bridgehead atoms. The maximum Gasteiger partial charge on any atom is 0.209 e. The summed E-state index contributed by atoms with van der Waals surface area (Å²) in [6.07, 6.45) is 4.35. The summed E-state index contributed by atoms with van der Waals surface area (Å²) in [6.45, 7) is 0.145. The van der Waals surface area contributed by atoms with Gasteiger partial charge in [0.2, 0.25) is 5.96 Å². The van der Waals surface area contributed by atoms with Gasteiger partial charge in [-0.15, -0.1) is 0 Å². The van der Waals surface area contributed by atoms with Gasteiger partial charge in [-0.05, 0) is 17.7 Å². The van der Waals surface area contributed by atoms with Gasteiger partial charge in [0.1, 0.15) is 0 Å². The first kappa shape index (κ1) is 14.5. The summed E-state index contributed by atoms with van der Waals surface area (Å²) >= 11 is 0. The number of hydrogen-bond donors (Lipinski definition) is 3. The minimum atomic E-state index is -0.721. The smallest absolute Gasteiger partial charge is 0.209 e. The second-order valence-electron chi connectivity index (χ2n) is 4.21. The summed E-state index contributed by atoms with van der Waals surface area (Å²) in [5.74, 6) is 0.277. The van der Waals surface area contributed by atoms with Crippen LogP contribution in [-0.4, -0.2) is 22.6 Å². The zero-order valence-electron chi connectivity index (χ0n) is 11.3. The molecule has 0 spiro atoms. The molecule has 1 aromatic carbocycles. The number of nitriles is 1. The van der Waals surface area contributed by atoms with Crippen LogP contribution in [0.1, 0.15) is 11.7 Å². The van der Waals surface area contributed by atoms with Crippen LogP contribution in [0.15, 0.2) is 59.9 Å². The molecule has 1 aromatic heterocycles. The number of anilines is 1. The number of benzene rings is 1. The Hall–Kier alpha value is -2.91. The largest absolute Gasteiger partial charge is 0.386 e. The monoisotopic (exact) mass is 281 g/mol. The van der Waals surface area contributed by atoms with Crippen molar-refractivity contribution in [2.75, 3.05) is 11.9 Å². The van der Waals surface area contributed by atoms with E-state index >= 15 is 0 Å². The van der Waals surface area contributed by atoms with Gasteiger partial charge in [-0.3, -0.25) is 10.3 Å². The second-order valence-corrected chi connectivity index (χ2v) is 4.21. The van der Waals surface area contributed by atoms with Gasteiger partial charge in [-0.2, -0.15) is 5.26 Å². The molecule has 0 saturated carbocycles. The number of aliphatic hydroxyl groups excluding tert-OH is 1. The van der Waals surface area contributed by atoms with E-state index in [9.17, 15) is 5.11 Å². The van der Waals surface area contributed by atoms with Crippen molar-refractivity contribution in [3.63, 3.8) is 0 Å². The van der Waals surface area contributed by atoms with Gasteiger partial charge in [-0.1, -0.05) is 30.3 Å². The van der Waals surface area contributed by atoms with Crippen molar-refractivity contribution in [1.82, 2.24) is 10.3 Å². The molecule has 3 N–H and O–H groups in total. The molecule has 0 radical (unpaired) electrons. The van der Waals surface area contributed by atoms with Gasteiger partial charge in [0.05, 0.1) is 12.6 Å². The maximum absolute atomic E-state index is 10.0. The molecule has 2 rings (SSSR count). The number of hydrogen-bond acceptors (Lipinski definition) is 4. The van der Waals surface area contributed by atoms with E-state index in [4.69, 9.17) is 5.26 Å². The average molecular weight is 281 g/mol. The van der Waals surface area contributed by atoms with Gasteiger partial charge in [0.15, 0.2) is 6.19 Å². The third-order valence-corrected chi connectivity index (χ3v) is 2.72. The van der Waals surface area contributed by atoms with Crippen LogP contribution >= 0.6 is 0 Å². The zero-order chi connectivity index (χ0) is 14.9. The van der Waals surface area contributed by atoms with E-state index in [-0.39, 0.29) is 12.5 Å². The summed E-state index contributed by atoms with van der Waals surface area (Å²) in [6, 6.07) is 12.7. The molecule has 0 aliphatic carbocycles. The van der Waals surface area contributed by atoms with Crippen LogP contribution in [0.5, 0.6) is 0 Å². The van der Waals surface area contributed by atoms with Crippen molar-refractivity contribution in [1.29, 1.82) is 5.26 Å². The highest BCUT2D eigenvalue weighted by Crippen LogP contribution is 2.12. The third kappa shape index (κ3) is 4.60. The highest BCUT2D eigenvalue weighted by molar-refractivity contribution is 5.94. The molecular weight excluding hydrogens is 266 g/mol. The highest BCUT2D eigenvalue weighted by atomic mass is 16.3. The molecular formula is C15H15N5O. The Morgan fingerprint density at radius 3 is 2.62 bits per heavy atom. The van der Waals surface area contributed by atoms with Crippen molar-refractivity contribution in [2.24, 2.45) is 4.99 Å². The minimum absolute atomic E-state index is 0.145. The lowest BCUT2D eigenvalue weighted by Crippen LogP contribution is -2.27. The predicted octanol–water partition coefficient (Wildman–Crippen LogP) is 1.65. The summed E-state index contributed by atoms with van der Waals surface area (Å²) in [7, 11) is 0. The molecule has 0 fully saturated rings. The number of aliphatic hydroxyl groups is 1. The molecule has 1 atom stereocenters. The van der Waals surface area contributed by atoms with Crippen molar-refractivity contribution in [2.45, 2.75) is 6.10 Å². The normalized spacial score (nSPS) is 12.3. The molecule has 1 unspecified atom stereocenters. The van der Waals surface area contributed by atoms with E-state index in [1.807, 2.05) is 36.5 Å². The summed E-state index contributed by atoms with van der Waals surface area (Å²) in [4.78, 5) is 8.09. The van der Waals surface area contributed by atoms with Gasteiger partial charge in [0.25, 0.3) is 0 Å². The van der Waals surface area contributed by atoms with Crippen LogP contribution in [0.4, 0.5) is 5.69 Å². The minimum Gasteiger partial charge on any atom is -0.386 e. The first-order valence-electron chi connectivity index (χ1n) is 6.39. The molecule has 106 valence electrons. The van der Waals surface area contributed by atoms with Gasteiger partial charge in [0, 0.05) is 18.1 Å². The number of aromatic nitrogens is 1. The van der Waals surface area contributed by atoms with Gasteiger partial charge in [-0.25, -0.2) is 4.99 Å². The molecule has 2 aromatic rings. The van der Waals surface area contributed by atoms with E-state index in [1.165, 1.54) is 0 Å². The van der Waals surface area contributed by atoms with E-state index < -0.39 is 6.10 Å². The van der Waals surface area contributed by atoms with E-state index in [1.54, 1.807) is 24.5 Å². The van der Waals surface area contributed by atoms with Crippen LogP contribution in [-0.2, 0) is 0 Å². The van der Waals surface area contributed by atoms with Crippen LogP contribution in [0.25, 0.3) is 0 Å². The predicted molar refractivity (Wildman–Crippen MR) is 80.3 cm³/mol. The standard InChI is InChI=1S/C15H15N5O/c16-11-19-15(20-13-6-8-17-9-7-13)18-10-14(21)12-4-2-1-3-5-12/h1-9,14,21H,10H2,(H2,17,18,19,20). The number of pyridine rings is 1. The molecule has 0 aliphatic rings. The lowest BCUT2D eigenvalue weighted by molar-refractivity contribution is 0.187. The Kier molecular flexibility index (Phi) is 5.26. The lowest BCUT2D eigenvalue weighted by Gasteiger charge is -2.11. The van der Waals surface area contributed by atoms with Crippen molar-refractivity contribution in [3.05, 3.63) is 60.4 Å². The topological polar surface area (TPSA) is 93.3 Å². The van der Waals surface area contributed by atoms with Crippen LogP contribution in [0.3, 0.4) is 0 Å². The highest BCUT2D eigenvalue weighted by Gasteiger charge is 2.07. The number of nitrogens with zero attached hydrogens (tertiary/aromatic N) is 3. The van der Waals surface area contributed by atoms with Crippen LogP contribution in [0.2, 0.25) is 0 Å². The number of guanidine groups is 1. The van der Waals surface area contributed by atoms with Gasteiger partial charge < -0.3 is 10.4 Å². The SMILES string of the molecule is N#CNC(=NCC(O)c1ccccc1)Nc1ccncc1. The maximum atomic E-state index is 10.0. The Bertz CT molecular complexity index is 622. The molecule has 0 amide bonds. The van der Waals surface area contributed by atoms with E-state index in [0.29, 0.717) is 0 Å².